The number of halogens is 1. The first-order chi connectivity index (χ1) is 10.2. The van der Waals surface area contributed by atoms with Crippen LogP contribution in [0.5, 0.6) is 0 Å². The van der Waals surface area contributed by atoms with E-state index in [4.69, 9.17) is 11.6 Å². The molecule has 1 aromatic carbocycles. The van der Waals surface area contributed by atoms with Gasteiger partial charge in [-0.3, -0.25) is 4.79 Å². The minimum atomic E-state index is -3.51. The Morgan fingerprint density at radius 2 is 2.00 bits per heavy atom. The molecule has 0 aromatic heterocycles. The number of amides is 1. The summed E-state index contributed by atoms with van der Waals surface area (Å²) in [5.41, 5.74) is 0.670. The van der Waals surface area contributed by atoms with Crippen molar-refractivity contribution in [3.8, 4) is 0 Å². The van der Waals surface area contributed by atoms with Crippen LogP contribution in [0.15, 0.2) is 24.3 Å². The highest BCUT2D eigenvalue weighted by molar-refractivity contribution is 7.88. The topological polar surface area (TPSA) is 66.5 Å². The van der Waals surface area contributed by atoms with E-state index in [1.807, 2.05) is 13.8 Å². The third kappa shape index (κ3) is 6.34. The van der Waals surface area contributed by atoms with Crippen molar-refractivity contribution in [1.29, 1.82) is 0 Å². The van der Waals surface area contributed by atoms with Gasteiger partial charge >= 0.3 is 0 Å². The molecule has 0 fully saturated rings. The predicted molar refractivity (Wildman–Crippen MR) is 89.2 cm³/mol. The molecule has 0 heterocycles. The van der Waals surface area contributed by atoms with E-state index < -0.39 is 10.0 Å². The molecule has 7 heteroatoms. The summed E-state index contributed by atoms with van der Waals surface area (Å²) in [6.07, 6.45) is 2.90. The molecule has 0 aliphatic rings. The summed E-state index contributed by atoms with van der Waals surface area (Å²) in [7, 11) is -3.51. The Bertz CT molecular complexity index is 605. The summed E-state index contributed by atoms with van der Waals surface area (Å²) in [4.78, 5) is 12.0. The molecule has 1 amide bonds. The summed E-state index contributed by atoms with van der Waals surface area (Å²) in [5.74, 6) is -0.307. The minimum absolute atomic E-state index is 0.0271. The van der Waals surface area contributed by atoms with Gasteiger partial charge in [0.25, 0.3) is 0 Å². The summed E-state index contributed by atoms with van der Waals surface area (Å²) in [6, 6.07) is 7.03. The molecule has 0 unspecified atom stereocenters. The van der Waals surface area contributed by atoms with Gasteiger partial charge in [0.15, 0.2) is 0 Å². The molecule has 0 saturated heterocycles. The molecule has 1 rings (SSSR count). The SMILES string of the molecule is CCC[C@@H](C)NC(=O)CN(Cc1ccccc1Cl)S(C)(=O)=O. The van der Waals surface area contributed by atoms with Crippen molar-refractivity contribution in [2.24, 2.45) is 0 Å². The van der Waals surface area contributed by atoms with E-state index >= 15 is 0 Å². The molecule has 0 saturated carbocycles. The Balaban J connectivity index is 2.79. The van der Waals surface area contributed by atoms with Crippen molar-refractivity contribution >= 4 is 27.5 Å². The average molecular weight is 347 g/mol. The van der Waals surface area contributed by atoms with E-state index in [1.165, 1.54) is 0 Å². The number of carbonyl (C=O) groups excluding carboxylic acids is 1. The lowest BCUT2D eigenvalue weighted by Crippen LogP contribution is -2.42. The zero-order valence-corrected chi connectivity index (χ0v) is 14.7. The van der Waals surface area contributed by atoms with Crippen molar-refractivity contribution < 1.29 is 13.2 Å². The van der Waals surface area contributed by atoms with Gasteiger partial charge in [-0.15, -0.1) is 0 Å². The Labute approximate surface area is 137 Å². The number of carbonyl (C=O) groups is 1. The quantitative estimate of drug-likeness (QED) is 0.786. The molecular weight excluding hydrogens is 324 g/mol. The van der Waals surface area contributed by atoms with Crippen LogP contribution < -0.4 is 5.32 Å². The number of sulfonamides is 1. The van der Waals surface area contributed by atoms with Crippen molar-refractivity contribution in [2.45, 2.75) is 39.3 Å². The summed E-state index contributed by atoms with van der Waals surface area (Å²) in [6.45, 7) is 3.80. The third-order valence-corrected chi connectivity index (χ3v) is 4.79. The second-order valence-corrected chi connectivity index (χ2v) is 7.77. The van der Waals surface area contributed by atoms with Crippen LogP contribution in [0.2, 0.25) is 5.02 Å². The van der Waals surface area contributed by atoms with Crippen LogP contribution in [-0.2, 0) is 21.4 Å². The molecule has 1 atom stereocenters. The fourth-order valence-corrected chi connectivity index (χ4v) is 3.01. The molecule has 5 nitrogen and oxygen atoms in total. The van der Waals surface area contributed by atoms with Gasteiger partial charge in [-0.25, -0.2) is 8.42 Å². The van der Waals surface area contributed by atoms with E-state index in [9.17, 15) is 13.2 Å². The van der Waals surface area contributed by atoms with Gasteiger partial charge in [0.05, 0.1) is 12.8 Å². The fraction of sp³-hybridized carbons (Fsp3) is 0.533. The largest absolute Gasteiger partial charge is 0.353 e. The number of rotatable bonds is 8. The van der Waals surface area contributed by atoms with Crippen LogP contribution in [0.3, 0.4) is 0 Å². The lowest BCUT2D eigenvalue weighted by molar-refractivity contribution is -0.122. The van der Waals surface area contributed by atoms with Gasteiger partial charge < -0.3 is 5.32 Å². The van der Waals surface area contributed by atoms with Crippen molar-refractivity contribution in [1.82, 2.24) is 9.62 Å². The van der Waals surface area contributed by atoms with Gasteiger partial charge in [0.1, 0.15) is 0 Å². The smallest absolute Gasteiger partial charge is 0.235 e. The molecule has 0 spiro atoms. The van der Waals surface area contributed by atoms with E-state index in [2.05, 4.69) is 5.32 Å². The Kier molecular flexibility index (Phi) is 7.32. The molecular formula is C15H23ClN2O3S. The number of nitrogens with zero attached hydrogens (tertiary/aromatic N) is 1. The van der Waals surface area contributed by atoms with Gasteiger partial charge in [0, 0.05) is 17.6 Å². The first-order valence-electron chi connectivity index (χ1n) is 7.22. The van der Waals surface area contributed by atoms with Crippen LogP contribution in [-0.4, -0.2) is 37.5 Å². The normalized spacial score (nSPS) is 13.1. The van der Waals surface area contributed by atoms with Crippen molar-refractivity contribution in [3.63, 3.8) is 0 Å². The Morgan fingerprint density at radius 3 is 2.55 bits per heavy atom. The van der Waals surface area contributed by atoms with Crippen LogP contribution in [0.4, 0.5) is 0 Å². The number of nitrogens with one attached hydrogen (secondary N) is 1. The highest BCUT2D eigenvalue weighted by Crippen LogP contribution is 2.18. The number of benzene rings is 1. The highest BCUT2D eigenvalue weighted by atomic mass is 35.5. The maximum absolute atomic E-state index is 12.0. The molecule has 22 heavy (non-hydrogen) atoms. The maximum Gasteiger partial charge on any atom is 0.235 e. The summed E-state index contributed by atoms with van der Waals surface area (Å²) in [5, 5.41) is 3.29. The standard InChI is InChI=1S/C15H23ClN2O3S/c1-4-7-12(2)17-15(19)11-18(22(3,20)21)10-13-8-5-6-9-14(13)16/h5-6,8-9,12H,4,7,10-11H2,1-3H3,(H,17,19)/t12-/m1/s1. The van der Waals surface area contributed by atoms with E-state index in [0.29, 0.717) is 10.6 Å². The molecule has 1 N–H and O–H groups in total. The lowest BCUT2D eigenvalue weighted by atomic mass is 10.2. The van der Waals surface area contributed by atoms with Crippen molar-refractivity contribution in [3.05, 3.63) is 34.9 Å². The molecule has 0 aliphatic heterocycles. The predicted octanol–water partition coefficient (Wildman–Crippen LogP) is 2.41. The van der Waals surface area contributed by atoms with Gasteiger partial charge in [-0.2, -0.15) is 4.31 Å². The minimum Gasteiger partial charge on any atom is -0.353 e. The summed E-state index contributed by atoms with van der Waals surface area (Å²) >= 11 is 6.06. The Morgan fingerprint density at radius 1 is 1.36 bits per heavy atom. The second-order valence-electron chi connectivity index (χ2n) is 5.38. The van der Waals surface area contributed by atoms with E-state index in [0.717, 1.165) is 23.4 Å². The van der Waals surface area contributed by atoms with Gasteiger partial charge in [0.2, 0.25) is 15.9 Å². The van der Waals surface area contributed by atoms with Gasteiger partial charge in [-0.05, 0) is 25.0 Å². The van der Waals surface area contributed by atoms with E-state index in [1.54, 1.807) is 24.3 Å². The second kappa shape index (κ2) is 8.50. The molecule has 124 valence electrons. The molecule has 0 bridgehead atoms. The van der Waals surface area contributed by atoms with Crippen LogP contribution in [0.1, 0.15) is 32.3 Å². The van der Waals surface area contributed by atoms with Crippen LogP contribution in [0, 0.1) is 0 Å². The van der Waals surface area contributed by atoms with Crippen molar-refractivity contribution in [2.75, 3.05) is 12.8 Å². The highest BCUT2D eigenvalue weighted by Gasteiger charge is 2.22. The lowest BCUT2D eigenvalue weighted by Gasteiger charge is -2.21. The fourth-order valence-electron chi connectivity index (χ4n) is 2.09. The maximum atomic E-state index is 12.0. The average Bonchev–Trinajstić information content (AvgIpc) is 2.39. The van der Waals surface area contributed by atoms with Crippen LogP contribution >= 0.6 is 11.6 Å². The van der Waals surface area contributed by atoms with Gasteiger partial charge in [-0.1, -0.05) is 43.1 Å². The third-order valence-electron chi connectivity index (χ3n) is 3.22. The molecule has 1 aromatic rings. The van der Waals surface area contributed by atoms with E-state index in [-0.39, 0.29) is 25.0 Å². The van der Waals surface area contributed by atoms with Crippen LogP contribution in [0.25, 0.3) is 0 Å². The summed E-state index contributed by atoms with van der Waals surface area (Å²) < 4.78 is 24.9. The zero-order valence-electron chi connectivity index (χ0n) is 13.2. The number of hydrogen-bond donors (Lipinski definition) is 1. The monoisotopic (exact) mass is 346 g/mol. The Hall–Kier alpha value is -1.11. The zero-order chi connectivity index (χ0) is 16.8. The molecule has 0 radical (unpaired) electrons. The number of hydrogen-bond acceptors (Lipinski definition) is 3. The first kappa shape index (κ1) is 18.9. The first-order valence-corrected chi connectivity index (χ1v) is 9.44. The molecule has 0 aliphatic carbocycles.